The maximum absolute atomic E-state index is 9.68. The number of hydrogen-bond donors (Lipinski definition) is 1. The second kappa shape index (κ2) is 3.18. The molecular weight excluding hydrogens is 130 g/mol. The number of carbonyl (C=O) groups excluding carboxylic acids is 1. The van der Waals surface area contributed by atoms with E-state index in [0.29, 0.717) is 0 Å². The van der Waals surface area contributed by atoms with Gasteiger partial charge < -0.3 is 10.3 Å². The lowest BCUT2D eigenvalue weighted by Crippen LogP contribution is -2.06. The predicted molar refractivity (Wildman–Crippen MR) is 25.9 cm³/mol. The highest BCUT2D eigenvalue weighted by Crippen LogP contribution is 1.61. The van der Waals surface area contributed by atoms with Gasteiger partial charge in [-0.05, 0) is 5.25 Å². The molecule has 0 radical (unpaired) electrons. The van der Waals surface area contributed by atoms with Gasteiger partial charge in [-0.1, -0.05) is 0 Å². The minimum absolute atomic E-state index is 0.950. The zero-order chi connectivity index (χ0) is 6.57. The van der Waals surface area contributed by atoms with Crippen molar-refractivity contribution in [3.63, 3.8) is 0 Å². The van der Waals surface area contributed by atoms with Crippen LogP contribution in [0.4, 0.5) is 0 Å². The Morgan fingerprint density at radius 2 is 2.25 bits per heavy atom. The summed E-state index contributed by atoms with van der Waals surface area (Å²) < 4.78 is 19.0. The van der Waals surface area contributed by atoms with Crippen LogP contribution >= 0.6 is 0 Å². The van der Waals surface area contributed by atoms with E-state index in [1.54, 1.807) is 5.92 Å². The van der Waals surface area contributed by atoms with Crippen molar-refractivity contribution in [2.75, 3.05) is 0 Å². The summed E-state index contributed by atoms with van der Waals surface area (Å²) in [7, 11) is 0. The molecule has 0 aliphatic carbocycles. The molecule has 0 aromatic carbocycles. The van der Waals surface area contributed by atoms with Gasteiger partial charge in [0, 0.05) is 17.0 Å². The molecule has 0 aromatic heterocycles. The van der Waals surface area contributed by atoms with Crippen LogP contribution in [-0.4, -0.2) is 14.7 Å². The van der Waals surface area contributed by atoms with E-state index in [2.05, 4.69) is 5.73 Å². The van der Waals surface area contributed by atoms with Gasteiger partial charge in [0.2, 0.25) is 0 Å². The molecule has 44 valence electrons. The van der Waals surface area contributed by atoms with Crippen molar-refractivity contribution in [3.05, 3.63) is 0 Å². The molecule has 8 heavy (non-hydrogen) atoms. The van der Waals surface area contributed by atoms with Crippen LogP contribution in [0.1, 0.15) is 0 Å². The predicted octanol–water partition coefficient (Wildman–Crippen LogP) is -1.69. The molecule has 1 atom stereocenters. The first-order chi connectivity index (χ1) is 3.63. The highest BCUT2D eigenvalue weighted by molar-refractivity contribution is 7.84. The number of nitrogens with two attached hydrogens (primary N) is 1. The maximum atomic E-state index is 9.68. The van der Waals surface area contributed by atoms with Gasteiger partial charge in [-0.25, -0.2) is 0 Å². The van der Waals surface area contributed by atoms with E-state index in [9.17, 15) is 13.6 Å². The molecule has 0 aliphatic heterocycles. The Hall–Kier alpha value is -0.860. The first-order valence-electron chi connectivity index (χ1n) is 1.53. The maximum Gasteiger partial charge on any atom is 0.294 e. The van der Waals surface area contributed by atoms with Crippen LogP contribution in [0.2, 0.25) is 0 Å². The van der Waals surface area contributed by atoms with Crippen LogP contribution in [0.15, 0.2) is 0 Å². The van der Waals surface area contributed by atoms with Gasteiger partial charge in [0.25, 0.3) is 5.91 Å². The zero-order valence-electron chi connectivity index (χ0n) is 3.71. The molecule has 0 rings (SSSR count). The van der Waals surface area contributed by atoms with Gasteiger partial charge in [0.15, 0.2) is 0 Å². The fraction of sp³-hybridized carbons (Fsp3) is 0. The molecule has 0 fully saturated rings. The van der Waals surface area contributed by atoms with Crippen molar-refractivity contribution >= 4 is 17.0 Å². The van der Waals surface area contributed by atoms with Crippen LogP contribution in [0, 0.1) is 11.2 Å². The molecule has 0 bridgehead atoms. The van der Waals surface area contributed by atoms with Crippen molar-refractivity contribution in [2.45, 2.75) is 0 Å². The molecule has 0 aromatic rings. The quantitative estimate of drug-likeness (QED) is 0.315. The summed E-state index contributed by atoms with van der Waals surface area (Å²) >= 11 is -2.50. The Morgan fingerprint density at radius 3 is 2.38 bits per heavy atom. The van der Waals surface area contributed by atoms with Crippen molar-refractivity contribution in [1.82, 2.24) is 0 Å². The highest BCUT2D eigenvalue weighted by Gasteiger charge is 1.76. The molecule has 2 N–H and O–H groups in total. The molecule has 0 heterocycles. The van der Waals surface area contributed by atoms with Gasteiger partial charge >= 0.3 is 0 Å². The second-order valence-corrected chi connectivity index (χ2v) is 1.50. The molecule has 0 saturated carbocycles. The smallest absolute Gasteiger partial charge is 0.294 e. The van der Waals surface area contributed by atoms with Gasteiger partial charge in [0.05, 0.1) is 0 Å². The van der Waals surface area contributed by atoms with Crippen molar-refractivity contribution in [1.29, 1.82) is 0 Å². The van der Waals surface area contributed by atoms with Gasteiger partial charge in [0.1, 0.15) is 0 Å². The SMILES string of the molecule is NC(=O)C#CS(=O)[O-]. The first kappa shape index (κ1) is 7.14. The summed E-state index contributed by atoms with van der Waals surface area (Å²) in [5, 5.41) is 1.54. The molecule has 0 aliphatic rings. The lowest BCUT2D eigenvalue weighted by Gasteiger charge is -1.86. The number of carbonyl (C=O) groups is 1. The Labute approximate surface area is 48.3 Å². The monoisotopic (exact) mass is 132 g/mol. The third-order valence-electron chi connectivity index (χ3n) is 0.258. The molecule has 4 nitrogen and oxygen atoms in total. The van der Waals surface area contributed by atoms with E-state index in [4.69, 9.17) is 0 Å². The fourth-order valence-corrected chi connectivity index (χ4v) is 0.276. The van der Waals surface area contributed by atoms with E-state index in [1.165, 1.54) is 5.25 Å². The highest BCUT2D eigenvalue weighted by atomic mass is 32.2. The van der Waals surface area contributed by atoms with Crippen LogP contribution in [-0.2, 0) is 15.9 Å². The summed E-state index contributed by atoms with van der Waals surface area (Å²) in [6.07, 6.45) is 0. The van der Waals surface area contributed by atoms with Crippen LogP contribution in [0.5, 0.6) is 0 Å². The van der Waals surface area contributed by atoms with Crippen molar-refractivity contribution in [3.8, 4) is 11.2 Å². The average molecular weight is 132 g/mol. The lowest BCUT2D eigenvalue weighted by atomic mass is 10.7. The van der Waals surface area contributed by atoms with E-state index >= 15 is 0 Å². The summed E-state index contributed by atoms with van der Waals surface area (Å²) in [6.45, 7) is 0. The van der Waals surface area contributed by atoms with Crippen LogP contribution in [0.3, 0.4) is 0 Å². The number of amides is 1. The van der Waals surface area contributed by atoms with E-state index in [0.717, 1.165) is 0 Å². The van der Waals surface area contributed by atoms with Gasteiger partial charge in [-0.15, -0.1) is 0 Å². The number of primary amides is 1. The molecule has 0 spiro atoms. The summed E-state index contributed by atoms with van der Waals surface area (Å²) in [6, 6.07) is 0. The lowest BCUT2D eigenvalue weighted by molar-refractivity contribution is -0.112. The molecular formula is C3H2NO3S-. The molecule has 5 heteroatoms. The normalized spacial score (nSPS) is 11.1. The topological polar surface area (TPSA) is 83.2 Å². The zero-order valence-corrected chi connectivity index (χ0v) is 4.53. The van der Waals surface area contributed by atoms with E-state index in [-0.39, 0.29) is 0 Å². The largest absolute Gasteiger partial charge is 0.762 e. The standard InChI is InChI=1S/C3H3NO3S/c4-3(5)1-2-8(6)7/h(H2,4,5)(H,6,7)/p-1. The van der Waals surface area contributed by atoms with Crippen LogP contribution in [0.25, 0.3) is 0 Å². The second-order valence-electron chi connectivity index (χ2n) is 0.826. The average Bonchev–Trinajstić information content (AvgIpc) is 1.61. The van der Waals surface area contributed by atoms with Crippen molar-refractivity contribution in [2.24, 2.45) is 5.73 Å². The molecule has 1 amide bonds. The molecule has 0 saturated heterocycles. The van der Waals surface area contributed by atoms with Crippen LogP contribution < -0.4 is 5.73 Å². The van der Waals surface area contributed by atoms with Gasteiger partial charge in [-0.2, -0.15) is 0 Å². The fourth-order valence-electron chi connectivity index (χ4n) is 0.0920. The van der Waals surface area contributed by atoms with E-state index in [1.807, 2.05) is 0 Å². The summed E-state index contributed by atoms with van der Waals surface area (Å²) in [5.74, 6) is 0.671. The van der Waals surface area contributed by atoms with E-state index < -0.39 is 17.0 Å². The Kier molecular flexibility index (Phi) is 2.84. The third kappa shape index (κ3) is 5.14. The summed E-state index contributed by atoms with van der Waals surface area (Å²) in [4.78, 5) is 9.68. The van der Waals surface area contributed by atoms with Crippen molar-refractivity contribution < 1.29 is 13.6 Å². The summed E-state index contributed by atoms with van der Waals surface area (Å²) in [5.41, 5.74) is 4.45. The Bertz CT molecular complexity index is 159. The minimum atomic E-state index is -2.50. The number of rotatable bonds is 0. The molecule has 1 unspecified atom stereocenters. The Morgan fingerprint density at radius 1 is 1.75 bits per heavy atom. The third-order valence-corrected chi connectivity index (χ3v) is 0.526. The first-order valence-corrected chi connectivity index (χ1v) is 2.61. The number of hydrogen-bond acceptors (Lipinski definition) is 3. The minimum Gasteiger partial charge on any atom is -0.762 e. The Balaban J connectivity index is 3.87. The van der Waals surface area contributed by atoms with Gasteiger partial charge in [-0.3, -0.25) is 9.00 Å².